The van der Waals surface area contributed by atoms with Crippen LogP contribution < -0.4 is 10.1 Å². The average molecular weight is 347 g/mol. The van der Waals surface area contributed by atoms with Crippen LogP contribution in [0.2, 0.25) is 0 Å². The van der Waals surface area contributed by atoms with Crippen molar-refractivity contribution in [1.82, 2.24) is 24.9 Å². The van der Waals surface area contributed by atoms with E-state index in [4.69, 9.17) is 9.15 Å². The van der Waals surface area contributed by atoms with Crippen LogP contribution in [0, 0.1) is 0 Å². The fourth-order valence-corrected chi connectivity index (χ4v) is 2.67. The summed E-state index contributed by atoms with van der Waals surface area (Å²) in [6.07, 6.45) is 0. The van der Waals surface area contributed by atoms with E-state index in [9.17, 15) is 9.59 Å². The third kappa shape index (κ3) is 3.59. The molecule has 1 aliphatic heterocycles. The van der Waals surface area contributed by atoms with Gasteiger partial charge in [-0.15, -0.1) is 0 Å². The maximum atomic E-state index is 12.1. The van der Waals surface area contributed by atoms with Gasteiger partial charge >= 0.3 is 6.03 Å². The van der Waals surface area contributed by atoms with Gasteiger partial charge in [0.1, 0.15) is 0 Å². The number of hydrogen-bond acceptors (Lipinski definition) is 5. The summed E-state index contributed by atoms with van der Waals surface area (Å²) in [4.78, 5) is 27.4. The van der Waals surface area contributed by atoms with Crippen LogP contribution in [0.1, 0.15) is 21.9 Å². The van der Waals surface area contributed by atoms with Crippen LogP contribution in [0.5, 0.6) is 5.95 Å². The Morgan fingerprint density at radius 1 is 1.36 bits per heavy atom. The first kappa shape index (κ1) is 16.9. The number of ether oxygens (including phenoxy) is 1. The van der Waals surface area contributed by atoms with E-state index >= 15 is 0 Å². The Labute approximate surface area is 145 Å². The molecular weight excluding hydrogens is 326 g/mol. The number of nitrogens with zero attached hydrogens (tertiary/aromatic N) is 4. The van der Waals surface area contributed by atoms with Crippen LogP contribution in [0.25, 0.3) is 0 Å². The third-order valence-corrected chi connectivity index (χ3v) is 3.94. The molecule has 0 saturated heterocycles. The Morgan fingerprint density at radius 3 is 2.84 bits per heavy atom. The van der Waals surface area contributed by atoms with Gasteiger partial charge in [-0.3, -0.25) is 9.48 Å². The number of aromatic nitrogens is 2. The highest BCUT2D eigenvalue weighted by atomic mass is 16.6. The number of nitrogens with one attached hydrogen (secondary N) is 1. The molecule has 3 heterocycles. The van der Waals surface area contributed by atoms with Crippen molar-refractivity contribution in [2.24, 2.45) is 0 Å². The fourth-order valence-electron chi connectivity index (χ4n) is 2.67. The highest BCUT2D eigenvalue weighted by Crippen LogP contribution is 2.16. The largest absolute Gasteiger partial charge is 0.468 e. The smallest absolute Gasteiger partial charge is 0.319 e. The van der Waals surface area contributed by atoms with E-state index < -0.39 is 0 Å². The number of carbonyl (C=O) groups is 2. The number of methoxy groups -OCH3 is 1. The maximum absolute atomic E-state index is 12.1. The van der Waals surface area contributed by atoms with Crippen molar-refractivity contribution in [3.8, 4) is 5.95 Å². The summed E-state index contributed by atoms with van der Waals surface area (Å²) >= 11 is 0. The number of carbonyl (C=O) groups excluding carboxylic acids is 2. The molecule has 2 aromatic heterocycles. The van der Waals surface area contributed by atoms with Crippen molar-refractivity contribution in [2.75, 3.05) is 27.7 Å². The van der Waals surface area contributed by atoms with E-state index in [-0.39, 0.29) is 30.2 Å². The molecule has 25 heavy (non-hydrogen) atoms. The molecule has 1 aliphatic rings. The number of rotatable bonds is 4. The lowest BCUT2D eigenvalue weighted by Gasteiger charge is -2.29. The summed E-state index contributed by atoms with van der Waals surface area (Å²) in [7, 11) is 4.94. The molecule has 0 aromatic carbocycles. The maximum Gasteiger partial charge on any atom is 0.319 e. The fraction of sp³-hybridized carbons (Fsp3) is 0.438. The molecule has 0 aliphatic carbocycles. The molecule has 1 N–H and O–H groups in total. The highest BCUT2D eigenvalue weighted by molar-refractivity contribution is 5.91. The minimum atomic E-state index is -0.335. The zero-order valence-corrected chi connectivity index (χ0v) is 14.5. The van der Waals surface area contributed by atoms with Gasteiger partial charge in [-0.25, -0.2) is 4.79 Å². The summed E-state index contributed by atoms with van der Waals surface area (Å²) in [6.45, 7) is 2.04. The zero-order chi connectivity index (χ0) is 18.0. The second-order valence-corrected chi connectivity index (χ2v) is 5.95. The van der Waals surface area contributed by atoms with Crippen LogP contribution in [0.15, 0.2) is 22.6 Å². The summed E-state index contributed by atoms with van der Waals surface area (Å²) in [6, 6.07) is 5.02. The van der Waals surface area contributed by atoms with Crippen LogP contribution in [0.3, 0.4) is 0 Å². The lowest BCUT2D eigenvalue weighted by Crippen LogP contribution is -2.43. The Morgan fingerprint density at radius 2 is 2.16 bits per heavy atom. The molecule has 0 atom stereocenters. The summed E-state index contributed by atoms with van der Waals surface area (Å²) in [5.74, 6) is 0.135. The number of furan rings is 1. The van der Waals surface area contributed by atoms with Gasteiger partial charge in [0.15, 0.2) is 5.76 Å². The quantitative estimate of drug-likeness (QED) is 0.887. The molecule has 0 unspecified atom stereocenters. The Hall–Kier alpha value is -2.97. The van der Waals surface area contributed by atoms with Crippen molar-refractivity contribution >= 4 is 11.9 Å². The molecule has 3 rings (SSSR count). The third-order valence-electron chi connectivity index (χ3n) is 3.94. The van der Waals surface area contributed by atoms with Crippen LogP contribution in [-0.4, -0.2) is 59.3 Å². The van der Waals surface area contributed by atoms with Gasteiger partial charge < -0.3 is 24.3 Å². The molecule has 0 spiro atoms. The van der Waals surface area contributed by atoms with E-state index in [1.165, 1.54) is 7.11 Å². The lowest BCUT2D eigenvalue weighted by atomic mass is 10.3. The van der Waals surface area contributed by atoms with Gasteiger partial charge in [0, 0.05) is 26.7 Å². The molecular formula is C16H21N5O4. The molecule has 3 amide bonds. The van der Waals surface area contributed by atoms with Crippen LogP contribution in [-0.2, 0) is 19.6 Å². The molecule has 134 valence electrons. The zero-order valence-electron chi connectivity index (χ0n) is 14.5. The second kappa shape index (κ2) is 6.88. The molecule has 0 fully saturated rings. The monoisotopic (exact) mass is 347 g/mol. The second-order valence-electron chi connectivity index (χ2n) is 5.95. The number of hydrogen-bond donors (Lipinski definition) is 1. The number of fused-ring (bicyclic) bond motifs is 1. The van der Waals surface area contributed by atoms with Crippen molar-refractivity contribution in [1.29, 1.82) is 0 Å². The van der Waals surface area contributed by atoms with Gasteiger partial charge in [-0.1, -0.05) is 0 Å². The molecule has 9 heteroatoms. The van der Waals surface area contributed by atoms with E-state index in [0.717, 1.165) is 11.4 Å². The predicted octanol–water partition coefficient (Wildman–Crippen LogP) is 0.912. The van der Waals surface area contributed by atoms with Crippen molar-refractivity contribution in [3.05, 3.63) is 35.3 Å². The van der Waals surface area contributed by atoms with Crippen molar-refractivity contribution in [3.63, 3.8) is 0 Å². The van der Waals surface area contributed by atoms with Crippen molar-refractivity contribution < 1.29 is 18.7 Å². The summed E-state index contributed by atoms with van der Waals surface area (Å²) in [5, 5.41) is 7.23. The van der Waals surface area contributed by atoms with Gasteiger partial charge in [0.25, 0.3) is 11.9 Å². The minimum Gasteiger partial charge on any atom is -0.468 e. The molecule has 0 saturated carbocycles. The van der Waals surface area contributed by atoms with E-state index in [2.05, 4.69) is 10.4 Å². The predicted molar refractivity (Wildman–Crippen MR) is 88.2 cm³/mol. The molecule has 0 radical (unpaired) electrons. The Kier molecular flexibility index (Phi) is 4.64. The normalized spacial score (nSPS) is 13.3. The first-order chi connectivity index (χ1) is 12.0. The molecule has 0 bridgehead atoms. The van der Waals surface area contributed by atoms with Gasteiger partial charge in [0.05, 0.1) is 38.1 Å². The highest BCUT2D eigenvalue weighted by Gasteiger charge is 2.23. The number of urea groups is 1. The SMILES string of the molecule is COc1ccc(C(=O)NCc2cc3n(n2)CCN(C(=O)N(C)C)C3)o1. The van der Waals surface area contributed by atoms with Gasteiger partial charge in [-0.2, -0.15) is 5.10 Å². The topological polar surface area (TPSA) is 92.8 Å². The Balaban J connectivity index is 1.60. The lowest BCUT2D eigenvalue weighted by molar-refractivity contribution is 0.0916. The van der Waals surface area contributed by atoms with Gasteiger partial charge in [0.2, 0.25) is 0 Å². The van der Waals surface area contributed by atoms with E-state index in [0.29, 0.717) is 19.6 Å². The Bertz CT molecular complexity index is 779. The average Bonchev–Trinajstić information content (AvgIpc) is 3.24. The van der Waals surface area contributed by atoms with E-state index in [1.54, 1.807) is 36.0 Å². The van der Waals surface area contributed by atoms with Gasteiger partial charge in [-0.05, 0) is 12.1 Å². The first-order valence-corrected chi connectivity index (χ1v) is 7.92. The standard InChI is InChI=1S/C16H21N5O4/c1-19(2)16(23)20-6-7-21-12(10-20)8-11(18-21)9-17-15(22)13-4-5-14(24-3)25-13/h4-5,8H,6-7,9-10H2,1-3H3,(H,17,22). The molecule has 2 aromatic rings. The van der Waals surface area contributed by atoms with Crippen LogP contribution >= 0.6 is 0 Å². The summed E-state index contributed by atoms with van der Waals surface area (Å²) in [5.41, 5.74) is 1.69. The summed E-state index contributed by atoms with van der Waals surface area (Å²) < 4.78 is 12.0. The molecule has 9 nitrogen and oxygen atoms in total. The number of amides is 3. The minimum absolute atomic E-state index is 0.0194. The van der Waals surface area contributed by atoms with E-state index in [1.807, 2.05) is 10.7 Å². The first-order valence-electron chi connectivity index (χ1n) is 7.92. The van der Waals surface area contributed by atoms with Crippen LogP contribution in [0.4, 0.5) is 4.79 Å². The van der Waals surface area contributed by atoms with Crippen molar-refractivity contribution in [2.45, 2.75) is 19.6 Å².